The second-order valence-corrected chi connectivity index (χ2v) is 5.67. The zero-order valence-corrected chi connectivity index (χ0v) is 14.0. The number of rotatable bonds is 7. The first kappa shape index (κ1) is 17.2. The zero-order chi connectivity index (χ0) is 16.7. The van der Waals surface area contributed by atoms with Crippen LogP contribution >= 0.6 is 11.6 Å². The van der Waals surface area contributed by atoms with Crippen LogP contribution in [-0.2, 0) is 11.2 Å². The van der Waals surface area contributed by atoms with E-state index in [9.17, 15) is 4.79 Å². The van der Waals surface area contributed by atoms with Crippen LogP contribution in [-0.4, -0.2) is 25.7 Å². The maximum Gasteiger partial charge on any atom is 0.224 e. The van der Waals surface area contributed by atoms with Crippen LogP contribution in [0.15, 0.2) is 48.5 Å². The first-order chi connectivity index (χ1) is 11.1. The lowest BCUT2D eigenvalue weighted by molar-refractivity contribution is -0.121. The van der Waals surface area contributed by atoms with Crippen LogP contribution in [0.1, 0.15) is 12.5 Å². The average molecular weight is 334 g/mol. The van der Waals surface area contributed by atoms with Gasteiger partial charge in [0, 0.05) is 5.02 Å². The maximum atomic E-state index is 12.0. The van der Waals surface area contributed by atoms with Crippen LogP contribution in [0.5, 0.6) is 11.5 Å². The van der Waals surface area contributed by atoms with Crippen molar-refractivity contribution in [2.75, 3.05) is 13.7 Å². The van der Waals surface area contributed by atoms with E-state index >= 15 is 0 Å². The van der Waals surface area contributed by atoms with E-state index in [1.807, 2.05) is 43.3 Å². The number of amides is 1. The molecule has 2 aromatic carbocycles. The molecule has 1 amide bonds. The lowest BCUT2D eigenvalue weighted by Gasteiger charge is -2.16. The van der Waals surface area contributed by atoms with Crippen molar-refractivity contribution in [3.63, 3.8) is 0 Å². The van der Waals surface area contributed by atoms with Crippen molar-refractivity contribution >= 4 is 17.5 Å². The van der Waals surface area contributed by atoms with Gasteiger partial charge in [0.15, 0.2) is 11.5 Å². The molecular weight excluding hydrogens is 314 g/mol. The fraction of sp³-hybridized carbons (Fsp3) is 0.278. The minimum Gasteiger partial charge on any atom is -0.493 e. The molecule has 1 N–H and O–H groups in total. The van der Waals surface area contributed by atoms with Gasteiger partial charge in [-0.15, -0.1) is 0 Å². The summed E-state index contributed by atoms with van der Waals surface area (Å²) in [4.78, 5) is 12.0. The summed E-state index contributed by atoms with van der Waals surface area (Å²) in [5, 5.41) is 3.54. The Labute approximate surface area is 141 Å². The largest absolute Gasteiger partial charge is 0.493 e. The molecule has 1 atom stereocenters. The van der Waals surface area contributed by atoms with E-state index in [-0.39, 0.29) is 11.9 Å². The monoisotopic (exact) mass is 333 g/mol. The van der Waals surface area contributed by atoms with Crippen molar-refractivity contribution in [1.82, 2.24) is 5.32 Å². The fourth-order valence-electron chi connectivity index (χ4n) is 2.15. The highest BCUT2D eigenvalue weighted by molar-refractivity contribution is 6.30. The number of hydrogen-bond donors (Lipinski definition) is 1. The number of hydrogen-bond acceptors (Lipinski definition) is 3. The number of carbonyl (C=O) groups is 1. The molecule has 2 rings (SSSR count). The Morgan fingerprint density at radius 3 is 2.61 bits per heavy atom. The number of ether oxygens (including phenoxy) is 2. The van der Waals surface area contributed by atoms with E-state index in [0.29, 0.717) is 29.5 Å². The standard InChI is InChI=1S/C18H20ClNO3/c1-13(12-23-17-9-4-3-8-16(17)22-2)20-18(21)11-14-6-5-7-15(19)10-14/h3-10,13H,11-12H2,1-2H3,(H,20,21). The van der Waals surface area contributed by atoms with Crippen LogP contribution in [0.2, 0.25) is 5.02 Å². The number of methoxy groups -OCH3 is 1. The molecule has 0 saturated carbocycles. The van der Waals surface area contributed by atoms with Crippen LogP contribution in [0.25, 0.3) is 0 Å². The zero-order valence-electron chi connectivity index (χ0n) is 13.2. The van der Waals surface area contributed by atoms with Gasteiger partial charge in [-0.2, -0.15) is 0 Å². The van der Waals surface area contributed by atoms with Crippen molar-refractivity contribution in [3.05, 3.63) is 59.1 Å². The van der Waals surface area contributed by atoms with E-state index in [4.69, 9.17) is 21.1 Å². The summed E-state index contributed by atoms with van der Waals surface area (Å²) in [5.41, 5.74) is 0.882. The molecule has 0 aromatic heterocycles. The normalized spacial score (nSPS) is 11.6. The van der Waals surface area contributed by atoms with Gasteiger partial charge in [-0.3, -0.25) is 4.79 Å². The molecule has 0 spiro atoms. The van der Waals surface area contributed by atoms with E-state index in [0.717, 1.165) is 5.56 Å². The first-order valence-electron chi connectivity index (χ1n) is 7.38. The third-order valence-corrected chi connectivity index (χ3v) is 3.45. The van der Waals surface area contributed by atoms with Crippen LogP contribution in [0.4, 0.5) is 0 Å². The number of benzene rings is 2. The highest BCUT2D eigenvalue weighted by Gasteiger charge is 2.10. The van der Waals surface area contributed by atoms with Gasteiger partial charge in [-0.05, 0) is 36.8 Å². The SMILES string of the molecule is COc1ccccc1OCC(C)NC(=O)Cc1cccc(Cl)c1. The van der Waals surface area contributed by atoms with Crippen molar-refractivity contribution in [1.29, 1.82) is 0 Å². The average Bonchev–Trinajstić information content (AvgIpc) is 2.53. The molecule has 1 unspecified atom stereocenters. The Morgan fingerprint density at radius 2 is 1.91 bits per heavy atom. The third kappa shape index (κ3) is 5.49. The molecule has 5 heteroatoms. The molecular formula is C18H20ClNO3. The molecule has 2 aromatic rings. The Bertz CT molecular complexity index is 660. The molecule has 122 valence electrons. The van der Waals surface area contributed by atoms with E-state index in [1.165, 1.54) is 0 Å². The van der Waals surface area contributed by atoms with Gasteiger partial charge in [0.1, 0.15) is 6.61 Å². The molecule has 4 nitrogen and oxygen atoms in total. The van der Waals surface area contributed by atoms with Crippen LogP contribution in [0.3, 0.4) is 0 Å². The fourth-order valence-corrected chi connectivity index (χ4v) is 2.37. The van der Waals surface area contributed by atoms with Crippen LogP contribution < -0.4 is 14.8 Å². The predicted octanol–water partition coefficient (Wildman–Crippen LogP) is 3.47. The highest BCUT2D eigenvalue weighted by Crippen LogP contribution is 2.25. The van der Waals surface area contributed by atoms with Crippen molar-refractivity contribution < 1.29 is 14.3 Å². The minimum atomic E-state index is -0.119. The Balaban J connectivity index is 1.82. The van der Waals surface area contributed by atoms with Crippen molar-refractivity contribution in [2.45, 2.75) is 19.4 Å². The first-order valence-corrected chi connectivity index (χ1v) is 7.76. The van der Waals surface area contributed by atoms with Gasteiger partial charge in [0.2, 0.25) is 5.91 Å². The molecule has 0 aliphatic rings. The lowest BCUT2D eigenvalue weighted by Crippen LogP contribution is -2.37. The Kier molecular flexibility index (Phi) is 6.29. The Morgan fingerprint density at radius 1 is 1.17 bits per heavy atom. The lowest BCUT2D eigenvalue weighted by atomic mass is 10.1. The summed E-state index contributed by atoms with van der Waals surface area (Å²) in [6, 6.07) is 14.6. The van der Waals surface area contributed by atoms with Gasteiger partial charge in [-0.1, -0.05) is 35.9 Å². The quantitative estimate of drug-likeness (QED) is 0.844. The summed E-state index contributed by atoms with van der Waals surface area (Å²) in [5.74, 6) is 1.26. The second kappa shape index (κ2) is 8.44. The summed E-state index contributed by atoms with van der Waals surface area (Å²) < 4.78 is 10.9. The molecule has 0 heterocycles. The maximum absolute atomic E-state index is 12.0. The highest BCUT2D eigenvalue weighted by atomic mass is 35.5. The summed E-state index contributed by atoms with van der Waals surface area (Å²) in [7, 11) is 1.60. The number of nitrogens with one attached hydrogen (secondary N) is 1. The molecule has 0 aliphatic heterocycles. The summed E-state index contributed by atoms with van der Waals surface area (Å²) >= 11 is 5.92. The van der Waals surface area contributed by atoms with Crippen molar-refractivity contribution in [2.24, 2.45) is 0 Å². The van der Waals surface area contributed by atoms with E-state index < -0.39 is 0 Å². The molecule has 23 heavy (non-hydrogen) atoms. The number of halogens is 1. The van der Waals surface area contributed by atoms with Crippen LogP contribution in [0, 0.1) is 0 Å². The molecule has 0 bridgehead atoms. The summed E-state index contributed by atoms with van der Waals surface area (Å²) in [6.45, 7) is 2.26. The molecule has 0 aliphatic carbocycles. The minimum absolute atomic E-state index is 0.0663. The van der Waals surface area contributed by atoms with Crippen molar-refractivity contribution in [3.8, 4) is 11.5 Å². The molecule has 0 saturated heterocycles. The second-order valence-electron chi connectivity index (χ2n) is 5.24. The summed E-state index contributed by atoms with van der Waals surface area (Å²) in [6.07, 6.45) is 0.291. The molecule has 0 radical (unpaired) electrons. The topological polar surface area (TPSA) is 47.6 Å². The Hall–Kier alpha value is -2.20. The molecule has 0 fully saturated rings. The van der Waals surface area contributed by atoms with E-state index in [2.05, 4.69) is 5.32 Å². The number of carbonyl (C=O) groups excluding carboxylic acids is 1. The van der Waals surface area contributed by atoms with E-state index in [1.54, 1.807) is 19.2 Å². The third-order valence-electron chi connectivity index (χ3n) is 3.22. The van der Waals surface area contributed by atoms with Gasteiger partial charge < -0.3 is 14.8 Å². The van der Waals surface area contributed by atoms with Gasteiger partial charge >= 0.3 is 0 Å². The van der Waals surface area contributed by atoms with Gasteiger partial charge in [0.05, 0.1) is 19.6 Å². The van der Waals surface area contributed by atoms with Gasteiger partial charge in [0.25, 0.3) is 0 Å². The number of para-hydroxylation sites is 2. The predicted molar refractivity (Wildman–Crippen MR) is 91.2 cm³/mol. The smallest absolute Gasteiger partial charge is 0.224 e. The van der Waals surface area contributed by atoms with Gasteiger partial charge in [-0.25, -0.2) is 0 Å².